The summed E-state index contributed by atoms with van der Waals surface area (Å²) in [6.45, 7) is 0. The first-order valence-electron chi connectivity index (χ1n) is 22.2. The van der Waals surface area contributed by atoms with Gasteiger partial charge in [-0.1, -0.05) is 121 Å². The number of fused-ring (bicyclic) bond motifs is 3. The first kappa shape index (κ1) is 50.1. The maximum absolute atomic E-state index is 14.8. The minimum absolute atomic E-state index is 0.0191. The second-order valence-electron chi connectivity index (χ2n) is 17.1. The molecular weight excluding hydrogens is 1010 g/mol. The largest absolute Gasteiger partial charge is 0.417 e. The van der Waals surface area contributed by atoms with E-state index in [0.717, 1.165) is 12.1 Å². The van der Waals surface area contributed by atoms with Gasteiger partial charge in [-0.3, -0.25) is 0 Å². The average molecular weight is 1040 g/mol. The lowest BCUT2D eigenvalue weighted by atomic mass is 9.95. The Morgan fingerprint density at radius 3 is 1.09 bits per heavy atom. The van der Waals surface area contributed by atoms with Crippen molar-refractivity contribution in [3.05, 3.63) is 204 Å². The zero-order chi connectivity index (χ0) is 53.4. The van der Waals surface area contributed by atoms with Crippen molar-refractivity contribution in [1.29, 1.82) is 0 Å². The summed E-state index contributed by atoms with van der Waals surface area (Å²) in [6.07, 6.45) is -26.0. The molecule has 75 heavy (non-hydrogen) atoms. The second-order valence-corrected chi connectivity index (χ2v) is 17.1. The van der Waals surface area contributed by atoms with Crippen LogP contribution in [0.4, 0.5) is 65.9 Å². The molecular formula is C56H29F15N4. The van der Waals surface area contributed by atoms with Crippen molar-refractivity contribution in [2.75, 3.05) is 0 Å². The highest BCUT2D eigenvalue weighted by Gasteiger charge is 2.40. The standard InChI is InChI=1S/C56H29F15N4/c57-52(58,59)35-18-23-38(44(28-35)55(66,67)68)33-15-20-40-41-21-16-34(39-24-19-36(53(60,61)62)29-45(39)56(69,70)71)26-47(41)75(46(40)25-33)48-27-32(37-13-7-8-14-43(37)54(63,64)65)17-22-42(48)51-73-49(30-9-3-1-4-10-30)72-50(74-51)31-11-5-2-6-12-31/h1-29H. The Labute approximate surface area is 414 Å². The number of benzene rings is 8. The maximum Gasteiger partial charge on any atom is 0.417 e. The Morgan fingerprint density at radius 2 is 0.653 bits per heavy atom. The van der Waals surface area contributed by atoms with Crippen LogP contribution in [0.5, 0.6) is 0 Å². The highest BCUT2D eigenvalue weighted by Crippen LogP contribution is 2.47. The number of halogens is 15. The van der Waals surface area contributed by atoms with Crippen LogP contribution < -0.4 is 0 Å². The number of aromatic nitrogens is 4. The fourth-order valence-electron chi connectivity index (χ4n) is 9.01. The molecule has 0 N–H and O–H groups in total. The van der Waals surface area contributed by atoms with Gasteiger partial charge < -0.3 is 4.57 Å². The number of alkyl halides is 15. The van der Waals surface area contributed by atoms with E-state index < -0.39 is 69.8 Å². The van der Waals surface area contributed by atoms with E-state index in [0.29, 0.717) is 35.4 Å². The molecule has 0 fully saturated rings. The first-order valence-corrected chi connectivity index (χ1v) is 22.2. The lowest BCUT2D eigenvalue weighted by Crippen LogP contribution is -2.12. The van der Waals surface area contributed by atoms with Crippen LogP contribution in [0.15, 0.2) is 176 Å². The number of hydrogen-bond acceptors (Lipinski definition) is 3. The minimum Gasteiger partial charge on any atom is -0.308 e. The summed E-state index contributed by atoms with van der Waals surface area (Å²) < 4.78 is 218. The third-order valence-electron chi connectivity index (χ3n) is 12.4. The number of nitrogens with zero attached hydrogens (tertiary/aromatic N) is 4. The van der Waals surface area contributed by atoms with Gasteiger partial charge >= 0.3 is 30.9 Å². The molecule has 0 atom stereocenters. The summed E-state index contributed by atoms with van der Waals surface area (Å²) in [6, 6.07) is 34.9. The Balaban J connectivity index is 1.35. The van der Waals surface area contributed by atoms with Crippen molar-refractivity contribution >= 4 is 21.8 Å². The molecule has 4 nitrogen and oxygen atoms in total. The fourth-order valence-corrected chi connectivity index (χ4v) is 9.01. The van der Waals surface area contributed by atoms with E-state index in [9.17, 15) is 65.9 Å². The van der Waals surface area contributed by atoms with Crippen LogP contribution in [0, 0.1) is 0 Å². The van der Waals surface area contributed by atoms with E-state index >= 15 is 0 Å². The Hall–Kier alpha value is -8.48. The molecule has 0 aliphatic rings. The molecule has 10 rings (SSSR count). The van der Waals surface area contributed by atoms with Crippen LogP contribution in [0.3, 0.4) is 0 Å². The lowest BCUT2D eigenvalue weighted by molar-refractivity contribution is -0.144. The third-order valence-corrected chi connectivity index (χ3v) is 12.4. The fraction of sp³-hybridized carbons (Fsp3) is 0.0893. The van der Waals surface area contributed by atoms with E-state index in [4.69, 9.17) is 15.0 Å². The Morgan fingerprint density at radius 1 is 0.280 bits per heavy atom. The van der Waals surface area contributed by atoms with Gasteiger partial charge in [0.25, 0.3) is 0 Å². The van der Waals surface area contributed by atoms with Gasteiger partial charge in [-0.25, -0.2) is 15.0 Å². The molecule has 0 saturated heterocycles. The Bertz CT molecular complexity index is 3630. The minimum atomic E-state index is -5.36. The van der Waals surface area contributed by atoms with Crippen LogP contribution in [-0.4, -0.2) is 19.5 Å². The molecule has 0 aliphatic carbocycles. The van der Waals surface area contributed by atoms with Gasteiger partial charge in [-0.15, -0.1) is 0 Å². The summed E-state index contributed by atoms with van der Waals surface area (Å²) in [5.41, 5.74) is -9.46. The molecule has 2 aromatic heterocycles. The van der Waals surface area contributed by atoms with Crippen LogP contribution in [-0.2, 0) is 30.9 Å². The van der Waals surface area contributed by atoms with Crippen LogP contribution >= 0.6 is 0 Å². The monoisotopic (exact) mass is 1040 g/mol. The first-order chi connectivity index (χ1) is 35.3. The molecule has 0 spiro atoms. The molecule has 0 bridgehead atoms. The van der Waals surface area contributed by atoms with Crippen molar-refractivity contribution in [2.24, 2.45) is 0 Å². The van der Waals surface area contributed by atoms with Gasteiger partial charge in [0, 0.05) is 27.5 Å². The van der Waals surface area contributed by atoms with Crippen LogP contribution in [0.25, 0.3) is 95.0 Å². The van der Waals surface area contributed by atoms with Gasteiger partial charge in [-0.2, -0.15) is 65.9 Å². The van der Waals surface area contributed by atoms with Gasteiger partial charge in [0.2, 0.25) is 0 Å². The van der Waals surface area contributed by atoms with Gasteiger partial charge in [0.1, 0.15) is 0 Å². The molecule has 0 aliphatic heterocycles. The molecule has 0 radical (unpaired) electrons. The average Bonchev–Trinajstić information content (AvgIpc) is 3.70. The van der Waals surface area contributed by atoms with Crippen molar-refractivity contribution in [2.45, 2.75) is 30.9 Å². The molecule has 2 heterocycles. The zero-order valence-electron chi connectivity index (χ0n) is 37.7. The maximum atomic E-state index is 14.8. The predicted molar refractivity (Wildman–Crippen MR) is 252 cm³/mol. The highest BCUT2D eigenvalue weighted by molar-refractivity contribution is 6.12. The summed E-state index contributed by atoms with van der Waals surface area (Å²) in [5, 5.41) is 0.337. The molecule has 8 aromatic carbocycles. The Kier molecular flexibility index (Phi) is 12.1. The van der Waals surface area contributed by atoms with Gasteiger partial charge in [-0.05, 0) is 88.0 Å². The lowest BCUT2D eigenvalue weighted by Gasteiger charge is -2.19. The molecule has 19 heteroatoms. The normalized spacial score (nSPS) is 12.7. The summed E-state index contributed by atoms with van der Waals surface area (Å²) >= 11 is 0. The van der Waals surface area contributed by atoms with Crippen LogP contribution in [0.1, 0.15) is 27.8 Å². The molecule has 0 unspecified atom stereocenters. The van der Waals surface area contributed by atoms with E-state index in [1.807, 2.05) is 0 Å². The molecule has 0 amide bonds. The van der Waals surface area contributed by atoms with Crippen molar-refractivity contribution in [3.63, 3.8) is 0 Å². The van der Waals surface area contributed by atoms with E-state index in [1.54, 1.807) is 60.7 Å². The van der Waals surface area contributed by atoms with Gasteiger partial charge in [0.05, 0.1) is 44.5 Å². The smallest absolute Gasteiger partial charge is 0.308 e. The van der Waals surface area contributed by atoms with E-state index in [1.165, 1.54) is 71.3 Å². The summed E-state index contributed by atoms with van der Waals surface area (Å²) in [5.74, 6) is 0.0835. The SMILES string of the molecule is FC(F)(F)c1ccc(-c2ccc3c4ccc(-c5ccc(C(F)(F)F)cc5C(F)(F)F)cc4n(-c4cc(-c5ccccc5C(F)(F)F)ccc4-c4nc(-c5ccccc5)nc(-c5ccccc5)n4)c3c2)c(C(F)(F)F)c1. The van der Waals surface area contributed by atoms with Crippen LogP contribution in [0.2, 0.25) is 0 Å². The third kappa shape index (κ3) is 9.65. The van der Waals surface area contributed by atoms with E-state index in [2.05, 4.69) is 0 Å². The van der Waals surface area contributed by atoms with Crippen molar-refractivity contribution in [1.82, 2.24) is 19.5 Å². The van der Waals surface area contributed by atoms with Gasteiger partial charge in [0.15, 0.2) is 17.5 Å². The highest BCUT2D eigenvalue weighted by atomic mass is 19.4. The molecule has 0 saturated carbocycles. The zero-order valence-corrected chi connectivity index (χ0v) is 37.7. The molecule has 378 valence electrons. The summed E-state index contributed by atoms with van der Waals surface area (Å²) in [7, 11) is 0. The number of rotatable bonds is 7. The summed E-state index contributed by atoms with van der Waals surface area (Å²) in [4.78, 5) is 14.3. The quantitative estimate of drug-likeness (QED) is 0.149. The van der Waals surface area contributed by atoms with E-state index in [-0.39, 0.29) is 84.9 Å². The topological polar surface area (TPSA) is 43.6 Å². The second kappa shape index (κ2) is 18.2. The number of hydrogen-bond donors (Lipinski definition) is 0. The predicted octanol–water partition coefficient (Wildman–Crippen LogP) is 18.1. The van der Waals surface area contributed by atoms with Crippen molar-refractivity contribution < 1.29 is 65.9 Å². The van der Waals surface area contributed by atoms with Crippen molar-refractivity contribution in [3.8, 4) is 73.2 Å². The molecule has 10 aromatic rings.